The fourth-order valence-corrected chi connectivity index (χ4v) is 4.22. The molecule has 0 aliphatic carbocycles. The van der Waals surface area contributed by atoms with E-state index in [2.05, 4.69) is 38.2 Å². The second kappa shape index (κ2) is 17.1. The van der Waals surface area contributed by atoms with E-state index in [9.17, 15) is 4.79 Å². The molecule has 0 aliphatic rings. The molecule has 4 heteroatoms. The summed E-state index contributed by atoms with van der Waals surface area (Å²) in [5, 5.41) is 3.03. The predicted molar refractivity (Wildman–Crippen MR) is 141 cm³/mol. The molecule has 0 radical (unpaired) electrons. The highest BCUT2D eigenvalue weighted by atomic mass is 16.5. The number of amides is 1. The minimum absolute atomic E-state index is 0.0468. The van der Waals surface area contributed by atoms with Crippen molar-refractivity contribution in [3.05, 3.63) is 59.4 Å². The Kier molecular flexibility index (Phi) is 14.0. The molecular formula is C30H47N2O2+. The van der Waals surface area contributed by atoms with Crippen molar-refractivity contribution in [2.75, 3.05) is 6.61 Å². The molecule has 34 heavy (non-hydrogen) atoms. The standard InChI is InChI=1S/C30H46N2O2/c1-4-6-7-8-9-10-11-12-13-14-15-16-22-34-29-20-19-27(26(3)23-29)24-31-30(33)28-18-17-21-32(5-2)25-28/h17-21,23,25H,4-16,22,24H2,1-3H3/p+1. The van der Waals surface area contributed by atoms with Crippen molar-refractivity contribution in [3.63, 3.8) is 0 Å². The van der Waals surface area contributed by atoms with Gasteiger partial charge in [0.15, 0.2) is 12.4 Å². The van der Waals surface area contributed by atoms with Crippen LogP contribution in [0.15, 0.2) is 42.7 Å². The number of unbranched alkanes of at least 4 members (excludes halogenated alkanes) is 11. The quantitative estimate of drug-likeness (QED) is 0.184. The number of hydrogen-bond donors (Lipinski definition) is 1. The average Bonchev–Trinajstić information content (AvgIpc) is 2.86. The van der Waals surface area contributed by atoms with Crippen molar-refractivity contribution in [2.45, 2.75) is 111 Å². The highest BCUT2D eigenvalue weighted by molar-refractivity contribution is 5.93. The van der Waals surface area contributed by atoms with Crippen LogP contribution in [0.1, 0.15) is 112 Å². The minimum Gasteiger partial charge on any atom is -0.494 e. The van der Waals surface area contributed by atoms with Crippen molar-refractivity contribution < 1.29 is 14.1 Å². The molecule has 2 aromatic rings. The lowest BCUT2D eigenvalue weighted by Crippen LogP contribution is -2.34. The zero-order valence-corrected chi connectivity index (χ0v) is 21.9. The lowest BCUT2D eigenvalue weighted by Gasteiger charge is -2.11. The lowest BCUT2D eigenvalue weighted by molar-refractivity contribution is -0.693. The Morgan fingerprint density at radius 2 is 1.53 bits per heavy atom. The average molecular weight is 468 g/mol. The van der Waals surface area contributed by atoms with Gasteiger partial charge >= 0.3 is 0 Å². The van der Waals surface area contributed by atoms with Gasteiger partial charge in [-0.2, -0.15) is 0 Å². The monoisotopic (exact) mass is 467 g/mol. The van der Waals surface area contributed by atoms with Gasteiger partial charge < -0.3 is 10.1 Å². The van der Waals surface area contributed by atoms with Gasteiger partial charge in [0, 0.05) is 12.6 Å². The molecule has 188 valence electrons. The Morgan fingerprint density at radius 1 is 0.882 bits per heavy atom. The third-order valence-corrected chi connectivity index (χ3v) is 6.51. The molecule has 1 amide bonds. The molecule has 0 saturated heterocycles. The molecule has 0 saturated carbocycles. The second-order valence-electron chi connectivity index (χ2n) is 9.43. The van der Waals surface area contributed by atoms with E-state index < -0.39 is 0 Å². The number of rotatable bonds is 18. The smallest absolute Gasteiger partial charge is 0.257 e. The summed E-state index contributed by atoms with van der Waals surface area (Å²) >= 11 is 0. The number of carbonyl (C=O) groups excluding carboxylic acids is 1. The van der Waals surface area contributed by atoms with E-state index in [-0.39, 0.29) is 5.91 Å². The first-order chi connectivity index (χ1) is 16.6. The van der Waals surface area contributed by atoms with Gasteiger partial charge in [-0.15, -0.1) is 0 Å². The van der Waals surface area contributed by atoms with Gasteiger partial charge in [-0.05, 0) is 49.6 Å². The number of ether oxygens (including phenoxy) is 1. The highest BCUT2D eigenvalue weighted by Crippen LogP contribution is 2.18. The number of nitrogens with one attached hydrogen (secondary N) is 1. The summed E-state index contributed by atoms with van der Waals surface area (Å²) in [5.41, 5.74) is 2.94. The number of aromatic nitrogens is 1. The second-order valence-corrected chi connectivity index (χ2v) is 9.43. The Bertz CT molecular complexity index is 834. The van der Waals surface area contributed by atoms with Crippen LogP contribution in [0.25, 0.3) is 0 Å². The molecule has 1 aromatic carbocycles. The number of pyridine rings is 1. The van der Waals surface area contributed by atoms with E-state index in [0.717, 1.165) is 36.4 Å². The van der Waals surface area contributed by atoms with E-state index in [4.69, 9.17) is 4.74 Å². The summed E-state index contributed by atoms with van der Waals surface area (Å²) in [6.45, 7) is 8.56. The number of aryl methyl sites for hydroxylation is 2. The minimum atomic E-state index is -0.0468. The first-order valence-corrected chi connectivity index (χ1v) is 13.6. The lowest BCUT2D eigenvalue weighted by atomic mass is 10.1. The summed E-state index contributed by atoms with van der Waals surface area (Å²) in [7, 11) is 0. The van der Waals surface area contributed by atoms with Gasteiger partial charge in [0.2, 0.25) is 0 Å². The molecule has 0 spiro atoms. The molecule has 0 unspecified atom stereocenters. The van der Waals surface area contributed by atoms with Gasteiger partial charge in [0.25, 0.3) is 5.91 Å². The molecule has 4 nitrogen and oxygen atoms in total. The molecular weight excluding hydrogens is 420 g/mol. The Labute approximate surface area is 208 Å². The van der Waals surface area contributed by atoms with Crippen LogP contribution in [0.2, 0.25) is 0 Å². The number of nitrogens with zero attached hydrogens (tertiary/aromatic N) is 1. The van der Waals surface area contributed by atoms with Crippen LogP contribution >= 0.6 is 0 Å². The third kappa shape index (κ3) is 11.2. The number of benzene rings is 1. The molecule has 0 atom stereocenters. The van der Waals surface area contributed by atoms with Gasteiger partial charge in [-0.25, -0.2) is 4.57 Å². The summed E-state index contributed by atoms with van der Waals surface area (Å²) in [4.78, 5) is 12.5. The van der Waals surface area contributed by atoms with Crippen molar-refractivity contribution in [3.8, 4) is 5.75 Å². The van der Waals surface area contributed by atoms with Crippen molar-refractivity contribution in [1.82, 2.24) is 5.32 Å². The van der Waals surface area contributed by atoms with Crippen LogP contribution in [0.5, 0.6) is 5.75 Å². The fourth-order valence-electron chi connectivity index (χ4n) is 4.22. The molecule has 1 N–H and O–H groups in total. The summed E-state index contributed by atoms with van der Waals surface area (Å²) in [5.74, 6) is 0.872. The van der Waals surface area contributed by atoms with E-state index >= 15 is 0 Å². The fraction of sp³-hybridized carbons (Fsp3) is 0.600. The van der Waals surface area contributed by atoms with E-state index in [1.165, 1.54) is 70.6 Å². The van der Waals surface area contributed by atoms with Gasteiger partial charge in [0.05, 0.1) is 6.61 Å². The van der Waals surface area contributed by atoms with Crippen LogP contribution in [0.3, 0.4) is 0 Å². The molecule has 0 bridgehead atoms. The zero-order chi connectivity index (χ0) is 24.4. The topological polar surface area (TPSA) is 42.2 Å². The van der Waals surface area contributed by atoms with E-state index in [1.54, 1.807) is 0 Å². The number of carbonyl (C=O) groups is 1. The van der Waals surface area contributed by atoms with Crippen molar-refractivity contribution in [2.24, 2.45) is 0 Å². The summed E-state index contributed by atoms with van der Waals surface area (Å²) < 4.78 is 7.97. The predicted octanol–water partition coefficient (Wildman–Crippen LogP) is 7.31. The Balaban J connectivity index is 1.56. The Morgan fingerprint density at radius 3 is 2.15 bits per heavy atom. The van der Waals surface area contributed by atoms with E-state index in [0.29, 0.717) is 12.1 Å². The zero-order valence-electron chi connectivity index (χ0n) is 21.9. The third-order valence-electron chi connectivity index (χ3n) is 6.51. The van der Waals surface area contributed by atoms with Gasteiger partial charge in [0.1, 0.15) is 17.9 Å². The summed E-state index contributed by atoms with van der Waals surface area (Å²) in [6.07, 6.45) is 20.1. The maximum atomic E-state index is 12.5. The Hall–Kier alpha value is -2.36. The SMILES string of the molecule is CCCCCCCCCCCCCCOc1ccc(CNC(=O)c2ccc[n+](CC)c2)c(C)c1. The first kappa shape index (κ1) is 27.9. The molecule has 2 rings (SSSR count). The maximum Gasteiger partial charge on any atom is 0.257 e. The summed E-state index contributed by atoms with van der Waals surface area (Å²) in [6, 6.07) is 9.91. The maximum absolute atomic E-state index is 12.5. The van der Waals surface area contributed by atoms with Crippen LogP contribution in [-0.4, -0.2) is 12.5 Å². The highest BCUT2D eigenvalue weighted by Gasteiger charge is 2.10. The largest absolute Gasteiger partial charge is 0.494 e. The van der Waals surface area contributed by atoms with Crippen LogP contribution in [0, 0.1) is 6.92 Å². The first-order valence-electron chi connectivity index (χ1n) is 13.6. The van der Waals surface area contributed by atoms with Crippen LogP contribution in [0.4, 0.5) is 0 Å². The number of hydrogen-bond acceptors (Lipinski definition) is 2. The van der Waals surface area contributed by atoms with Crippen molar-refractivity contribution in [1.29, 1.82) is 0 Å². The normalized spacial score (nSPS) is 10.9. The molecule has 1 heterocycles. The van der Waals surface area contributed by atoms with Crippen molar-refractivity contribution >= 4 is 5.91 Å². The molecule has 0 fully saturated rings. The van der Waals surface area contributed by atoms with Crippen LogP contribution < -0.4 is 14.6 Å². The molecule has 0 aliphatic heterocycles. The van der Waals surface area contributed by atoms with Crippen LogP contribution in [-0.2, 0) is 13.1 Å². The molecule has 1 aromatic heterocycles. The van der Waals surface area contributed by atoms with Gasteiger partial charge in [-0.1, -0.05) is 83.6 Å². The van der Waals surface area contributed by atoms with Gasteiger partial charge in [-0.3, -0.25) is 4.79 Å². The van der Waals surface area contributed by atoms with E-state index in [1.807, 2.05) is 35.2 Å².